The minimum Gasteiger partial charge on any atom is -0.198 e. The number of hydrogen-bond acceptors (Lipinski definition) is 3. The average molecular weight is 276 g/mol. The van der Waals surface area contributed by atoms with Gasteiger partial charge in [-0.25, -0.2) is 0 Å². The van der Waals surface area contributed by atoms with Gasteiger partial charge in [0, 0.05) is 0 Å². The molecule has 0 N–H and O–H groups in total. The van der Waals surface area contributed by atoms with Crippen molar-refractivity contribution in [3.05, 3.63) is 71.8 Å². The largest absolute Gasteiger partial charge is 0.198 e. The van der Waals surface area contributed by atoms with E-state index in [1.54, 1.807) is 11.8 Å². The average Bonchev–Trinajstić information content (AvgIpc) is 2.50. The molecular formula is C17H12N2S. The zero-order valence-electron chi connectivity index (χ0n) is 10.7. The molecule has 2 aromatic carbocycles. The van der Waals surface area contributed by atoms with Crippen molar-refractivity contribution in [2.45, 2.75) is 10.00 Å². The highest BCUT2D eigenvalue weighted by molar-refractivity contribution is 8.02. The highest BCUT2D eigenvalue weighted by atomic mass is 32.2. The summed E-state index contributed by atoms with van der Waals surface area (Å²) < 4.78 is -0.419. The first-order valence-corrected chi connectivity index (χ1v) is 7.29. The topological polar surface area (TPSA) is 47.6 Å². The fraction of sp³-hybridized carbons (Fsp3) is 0.176. The maximum Gasteiger partial charge on any atom is 0.111 e. The van der Waals surface area contributed by atoms with Gasteiger partial charge in [0.15, 0.2) is 0 Å². The summed E-state index contributed by atoms with van der Waals surface area (Å²) in [6.45, 7) is 0. The van der Waals surface area contributed by atoms with Gasteiger partial charge in [-0.3, -0.25) is 0 Å². The van der Waals surface area contributed by atoms with Crippen molar-refractivity contribution >= 4 is 11.8 Å². The number of rotatable bonds is 2. The molecule has 1 heterocycles. The Labute approximate surface area is 122 Å². The van der Waals surface area contributed by atoms with Gasteiger partial charge in [-0.2, -0.15) is 10.5 Å². The predicted octanol–water partition coefficient (Wildman–Crippen LogP) is 3.71. The monoisotopic (exact) mass is 276 g/mol. The molecule has 3 rings (SSSR count). The van der Waals surface area contributed by atoms with Crippen LogP contribution in [-0.4, -0.2) is 5.25 Å². The Morgan fingerprint density at radius 2 is 1.30 bits per heavy atom. The van der Waals surface area contributed by atoms with Crippen LogP contribution in [0, 0.1) is 28.6 Å². The van der Waals surface area contributed by atoms with E-state index in [1.807, 2.05) is 60.7 Å². The fourth-order valence-corrected chi connectivity index (χ4v) is 4.28. The molecule has 0 unspecified atom stereocenters. The number of nitriles is 2. The van der Waals surface area contributed by atoms with Gasteiger partial charge in [0.2, 0.25) is 0 Å². The van der Waals surface area contributed by atoms with Crippen LogP contribution in [0.15, 0.2) is 60.7 Å². The van der Waals surface area contributed by atoms with Crippen LogP contribution in [0.25, 0.3) is 0 Å². The lowest BCUT2D eigenvalue weighted by Crippen LogP contribution is -2.49. The van der Waals surface area contributed by atoms with Crippen molar-refractivity contribution in [3.63, 3.8) is 0 Å². The molecule has 0 spiro atoms. The first kappa shape index (κ1) is 12.8. The third-order valence-electron chi connectivity index (χ3n) is 3.73. The van der Waals surface area contributed by atoms with Crippen LogP contribution in [0.4, 0.5) is 0 Å². The van der Waals surface area contributed by atoms with Crippen LogP contribution in [-0.2, 0) is 4.75 Å². The van der Waals surface area contributed by atoms with E-state index in [0.717, 1.165) is 11.1 Å². The molecule has 1 fully saturated rings. The summed E-state index contributed by atoms with van der Waals surface area (Å²) in [6.07, 6.45) is 0. The van der Waals surface area contributed by atoms with Gasteiger partial charge < -0.3 is 0 Å². The van der Waals surface area contributed by atoms with Crippen molar-refractivity contribution in [1.29, 1.82) is 10.5 Å². The van der Waals surface area contributed by atoms with Gasteiger partial charge in [-0.1, -0.05) is 60.7 Å². The van der Waals surface area contributed by atoms with Crippen molar-refractivity contribution < 1.29 is 0 Å². The van der Waals surface area contributed by atoms with E-state index in [9.17, 15) is 10.5 Å². The summed E-state index contributed by atoms with van der Waals surface area (Å²) in [5.74, 6) is -0.317. The molecule has 1 saturated heterocycles. The van der Waals surface area contributed by atoms with E-state index in [0.29, 0.717) is 0 Å². The number of nitrogens with zero attached hydrogens (tertiary/aromatic N) is 2. The molecule has 1 aliphatic heterocycles. The van der Waals surface area contributed by atoms with Crippen LogP contribution in [0.2, 0.25) is 0 Å². The standard InChI is InChI=1S/C17H12N2S/c18-11-15-16(12-19)20-17(15,13-7-3-1-4-8-13)14-9-5-2-6-10-14/h1-10,15-16H/t15-,16-/m1/s1. The summed E-state index contributed by atoms with van der Waals surface area (Å²) in [4.78, 5) is 0. The Hall–Kier alpha value is -2.23. The van der Waals surface area contributed by atoms with E-state index in [-0.39, 0.29) is 11.2 Å². The van der Waals surface area contributed by atoms with Crippen molar-refractivity contribution in [2.75, 3.05) is 0 Å². The quantitative estimate of drug-likeness (QED) is 0.840. The molecule has 2 aromatic rings. The highest BCUT2D eigenvalue weighted by Crippen LogP contribution is 2.61. The molecule has 0 saturated carbocycles. The Morgan fingerprint density at radius 1 is 0.800 bits per heavy atom. The normalized spacial score (nSPS) is 23.1. The molecular weight excluding hydrogens is 264 g/mol. The smallest absolute Gasteiger partial charge is 0.111 e. The summed E-state index contributed by atoms with van der Waals surface area (Å²) in [7, 11) is 0. The van der Waals surface area contributed by atoms with Gasteiger partial charge in [-0.05, 0) is 11.1 Å². The first-order valence-electron chi connectivity index (χ1n) is 6.41. The van der Waals surface area contributed by atoms with Crippen LogP contribution >= 0.6 is 11.8 Å². The molecule has 1 aliphatic rings. The molecule has 96 valence electrons. The Balaban J connectivity index is 2.17. The van der Waals surface area contributed by atoms with Gasteiger partial charge in [0.05, 0.1) is 22.8 Å². The number of benzene rings is 2. The zero-order valence-corrected chi connectivity index (χ0v) is 11.5. The minimum absolute atomic E-state index is 0.264. The summed E-state index contributed by atoms with van der Waals surface area (Å²) in [6, 6.07) is 24.6. The Bertz CT molecular complexity index is 643. The first-order chi connectivity index (χ1) is 9.82. The van der Waals surface area contributed by atoms with Gasteiger partial charge in [0.1, 0.15) is 5.25 Å². The fourth-order valence-electron chi connectivity index (χ4n) is 2.78. The second-order valence-corrected chi connectivity index (χ2v) is 6.13. The molecule has 0 aliphatic carbocycles. The van der Waals surface area contributed by atoms with Crippen LogP contribution in [0.3, 0.4) is 0 Å². The lowest BCUT2D eigenvalue weighted by atomic mass is 9.77. The van der Waals surface area contributed by atoms with E-state index in [2.05, 4.69) is 12.1 Å². The molecule has 0 amide bonds. The minimum atomic E-state index is -0.419. The van der Waals surface area contributed by atoms with Gasteiger partial charge >= 0.3 is 0 Å². The summed E-state index contributed by atoms with van der Waals surface area (Å²) in [5, 5.41) is 18.5. The van der Waals surface area contributed by atoms with Crippen LogP contribution < -0.4 is 0 Å². The summed E-state index contributed by atoms with van der Waals surface area (Å²) >= 11 is 1.58. The van der Waals surface area contributed by atoms with Crippen molar-refractivity contribution in [3.8, 4) is 12.1 Å². The maximum atomic E-state index is 9.53. The van der Waals surface area contributed by atoms with Crippen LogP contribution in [0.1, 0.15) is 11.1 Å². The van der Waals surface area contributed by atoms with Crippen molar-refractivity contribution in [2.24, 2.45) is 5.92 Å². The molecule has 2 nitrogen and oxygen atoms in total. The van der Waals surface area contributed by atoms with E-state index in [4.69, 9.17) is 0 Å². The Kier molecular flexibility index (Phi) is 3.22. The molecule has 3 heteroatoms. The number of thioether (sulfide) groups is 1. The molecule has 0 bridgehead atoms. The lowest BCUT2D eigenvalue weighted by molar-refractivity contribution is 0.504. The van der Waals surface area contributed by atoms with E-state index < -0.39 is 4.75 Å². The van der Waals surface area contributed by atoms with Crippen molar-refractivity contribution in [1.82, 2.24) is 0 Å². The van der Waals surface area contributed by atoms with Crippen LogP contribution in [0.5, 0.6) is 0 Å². The van der Waals surface area contributed by atoms with E-state index in [1.165, 1.54) is 0 Å². The third kappa shape index (κ3) is 1.72. The predicted molar refractivity (Wildman–Crippen MR) is 79.8 cm³/mol. The highest BCUT2D eigenvalue weighted by Gasteiger charge is 2.57. The maximum absolute atomic E-state index is 9.53. The van der Waals surface area contributed by atoms with Gasteiger partial charge in [0.25, 0.3) is 0 Å². The molecule has 0 aromatic heterocycles. The Morgan fingerprint density at radius 3 is 1.70 bits per heavy atom. The van der Waals surface area contributed by atoms with Gasteiger partial charge in [-0.15, -0.1) is 11.8 Å². The third-order valence-corrected chi connectivity index (χ3v) is 5.45. The molecule has 2 atom stereocenters. The lowest BCUT2D eigenvalue weighted by Gasteiger charge is -2.49. The number of hydrogen-bond donors (Lipinski definition) is 0. The summed E-state index contributed by atoms with van der Waals surface area (Å²) in [5.41, 5.74) is 2.18. The second kappa shape index (κ2) is 5.04. The molecule has 0 radical (unpaired) electrons. The SMILES string of the molecule is N#C[C@@H]1[C@@H](C#N)SC1(c1ccccc1)c1ccccc1. The zero-order chi connectivity index (χ0) is 14.0. The second-order valence-electron chi connectivity index (χ2n) is 4.74. The molecule has 20 heavy (non-hydrogen) atoms. The van der Waals surface area contributed by atoms with E-state index >= 15 is 0 Å².